The van der Waals surface area contributed by atoms with E-state index in [9.17, 15) is 4.79 Å². The van der Waals surface area contributed by atoms with Gasteiger partial charge in [-0.05, 0) is 42.9 Å². The summed E-state index contributed by atoms with van der Waals surface area (Å²) >= 11 is 0. The maximum atomic E-state index is 11.4. The molecule has 0 bridgehead atoms. The minimum Gasteiger partial charge on any atom is -0.491 e. The van der Waals surface area contributed by atoms with Crippen molar-refractivity contribution >= 4 is 5.91 Å². The number of nitrogens with one attached hydrogen (secondary N) is 1. The van der Waals surface area contributed by atoms with Gasteiger partial charge in [-0.1, -0.05) is 26.0 Å². The summed E-state index contributed by atoms with van der Waals surface area (Å²) in [6, 6.07) is 6.28. The van der Waals surface area contributed by atoms with Gasteiger partial charge in [-0.25, -0.2) is 5.84 Å². The third-order valence-corrected chi connectivity index (χ3v) is 3.85. The van der Waals surface area contributed by atoms with Gasteiger partial charge in [-0.2, -0.15) is 0 Å². The molecule has 2 unspecified atom stereocenters. The minimum absolute atomic E-state index is 0.0607. The van der Waals surface area contributed by atoms with Crippen LogP contribution in [0.4, 0.5) is 0 Å². The molecule has 5 heteroatoms. The van der Waals surface area contributed by atoms with Crippen molar-refractivity contribution < 1.29 is 14.3 Å². The number of benzene rings is 1. The molecule has 1 amide bonds. The van der Waals surface area contributed by atoms with Crippen molar-refractivity contribution in [1.82, 2.24) is 5.43 Å². The van der Waals surface area contributed by atoms with Crippen molar-refractivity contribution in [2.45, 2.75) is 51.7 Å². The molecule has 1 aromatic carbocycles. The molecule has 2 atom stereocenters. The number of hydrogen-bond donors (Lipinski definition) is 2. The van der Waals surface area contributed by atoms with Crippen LogP contribution < -0.4 is 16.0 Å². The SMILES string of the molecule is Cc1ccc(C(C)C)cc1OCC1CCC(C(=O)NN)O1. The molecule has 0 saturated carbocycles. The van der Waals surface area contributed by atoms with Gasteiger partial charge in [0.25, 0.3) is 5.91 Å². The molecule has 5 nitrogen and oxygen atoms in total. The molecule has 1 aliphatic rings. The van der Waals surface area contributed by atoms with Crippen LogP contribution in [0.1, 0.15) is 43.7 Å². The number of rotatable bonds is 5. The van der Waals surface area contributed by atoms with E-state index in [-0.39, 0.29) is 12.0 Å². The monoisotopic (exact) mass is 292 g/mol. The fourth-order valence-electron chi connectivity index (χ4n) is 2.43. The van der Waals surface area contributed by atoms with Crippen molar-refractivity contribution in [2.24, 2.45) is 5.84 Å². The second-order valence-corrected chi connectivity index (χ2v) is 5.82. The summed E-state index contributed by atoms with van der Waals surface area (Å²) in [6.07, 6.45) is 0.976. The topological polar surface area (TPSA) is 73.6 Å². The molecule has 1 aromatic rings. The highest BCUT2D eigenvalue weighted by Gasteiger charge is 2.30. The molecule has 1 heterocycles. The molecule has 0 radical (unpaired) electrons. The summed E-state index contributed by atoms with van der Waals surface area (Å²) in [5, 5.41) is 0. The van der Waals surface area contributed by atoms with Crippen LogP contribution in [0.3, 0.4) is 0 Å². The highest BCUT2D eigenvalue weighted by atomic mass is 16.5. The number of carbonyl (C=O) groups excluding carboxylic acids is 1. The highest BCUT2D eigenvalue weighted by molar-refractivity contribution is 5.80. The van der Waals surface area contributed by atoms with E-state index in [0.717, 1.165) is 17.7 Å². The van der Waals surface area contributed by atoms with Crippen molar-refractivity contribution in [3.8, 4) is 5.75 Å². The van der Waals surface area contributed by atoms with Crippen molar-refractivity contribution in [1.29, 1.82) is 0 Å². The molecular formula is C16H24N2O3. The Hall–Kier alpha value is -1.59. The average molecular weight is 292 g/mol. The van der Waals surface area contributed by atoms with Gasteiger partial charge in [0.15, 0.2) is 0 Å². The van der Waals surface area contributed by atoms with Crippen molar-refractivity contribution in [2.75, 3.05) is 6.61 Å². The van der Waals surface area contributed by atoms with Crippen LogP contribution in [0.5, 0.6) is 5.75 Å². The van der Waals surface area contributed by atoms with Crippen LogP contribution in [0.25, 0.3) is 0 Å². The Labute approximate surface area is 125 Å². The van der Waals surface area contributed by atoms with Gasteiger partial charge < -0.3 is 9.47 Å². The number of nitrogens with two attached hydrogens (primary N) is 1. The first-order valence-corrected chi connectivity index (χ1v) is 7.40. The van der Waals surface area contributed by atoms with Gasteiger partial charge in [0.05, 0.1) is 6.10 Å². The quantitative estimate of drug-likeness (QED) is 0.495. The lowest BCUT2D eigenvalue weighted by atomic mass is 10.0. The fourth-order valence-corrected chi connectivity index (χ4v) is 2.43. The Morgan fingerprint density at radius 3 is 2.90 bits per heavy atom. The smallest absolute Gasteiger partial charge is 0.263 e. The zero-order valence-corrected chi connectivity index (χ0v) is 12.9. The number of hydrazine groups is 1. The van der Waals surface area contributed by atoms with Gasteiger partial charge in [0.2, 0.25) is 0 Å². The van der Waals surface area contributed by atoms with Crippen LogP contribution in [0, 0.1) is 6.92 Å². The standard InChI is InChI=1S/C16H24N2O3/c1-10(2)12-5-4-11(3)15(8-12)20-9-13-6-7-14(21-13)16(19)18-17/h4-5,8,10,13-14H,6-7,9,17H2,1-3H3,(H,18,19). The molecule has 0 aliphatic carbocycles. The fraction of sp³-hybridized carbons (Fsp3) is 0.562. The van der Waals surface area contributed by atoms with E-state index < -0.39 is 6.10 Å². The summed E-state index contributed by atoms with van der Waals surface area (Å²) < 4.78 is 11.5. The zero-order chi connectivity index (χ0) is 15.4. The van der Waals surface area contributed by atoms with Crippen molar-refractivity contribution in [3.63, 3.8) is 0 Å². The van der Waals surface area contributed by atoms with Crippen LogP contribution in [-0.2, 0) is 9.53 Å². The van der Waals surface area contributed by atoms with Gasteiger partial charge >= 0.3 is 0 Å². The Morgan fingerprint density at radius 2 is 2.24 bits per heavy atom. The summed E-state index contributed by atoms with van der Waals surface area (Å²) in [5.41, 5.74) is 4.48. The van der Waals surface area contributed by atoms with E-state index in [1.165, 1.54) is 5.56 Å². The largest absolute Gasteiger partial charge is 0.491 e. The second kappa shape index (κ2) is 6.91. The van der Waals surface area contributed by atoms with Gasteiger partial charge in [0.1, 0.15) is 18.5 Å². The molecule has 116 valence electrons. The predicted octanol–water partition coefficient (Wildman–Crippen LogP) is 2.03. The summed E-state index contributed by atoms with van der Waals surface area (Å²) in [5.74, 6) is 6.20. The number of carbonyl (C=O) groups is 1. The second-order valence-electron chi connectivity index (χ2n) is 5.82. The van der Waals surface area contributed by atoms with E-state index in [1.807, 2.05) is 6.92 Å². The maximum absolute atomic E-state index is 11.4. The highest BCUT2D eigenvalue weighted by Crippen LogP contribution is 2.26. The molecule has 1 saturated heterocycles. The van der Waals surface area contributed by atoms with Crippen LogP contribution in [-0.4, -0.2) is 24.7 Å². The zero-order valence-electron chi connectivity index (χ0n) is 12.9. The first kappa shape index (κ1) is 15.8. The maximum Gasteiger partial charge on any atom is 0.263 e. The number of amides is 1. The third kappa shape index (κ3) is 3.95. The Bertz CT molecular complexity index is 502. The average Bonchev–Trinajstić information content (AvgIpc) is 2.94. The van der Waals surface area contributed by atoms with E-state index in [2.05, 4.69) is 37.5 Å². The normalized spacial score (nSPS) is 21.6. The van der Waals surface area contributed by atoms with Gasteiger partial charge in [-0.15, -0.1) is 0 Å². The Balaban J connectivity index is 1.92. The van der Waals surface area contributed by atoms with E-state index >= 15 is 0 Å². The lowest BCUT2D eigenvalue weighted by Gasteiger charge is -2.16. The van der Waals surface area contributed by atoms with E-state index in [0.29, 0.717) is 18.9 Å². The molecule has 0 spiro atoms. The predicted molar refractivity (Wildman–Crippen MR) is 81.0 cm³/mol. The van der Waals surface area contributed by atoms with Gasteiger partial charge in [0, 0.05) is 0 Å². The Kier molecular flexibility index (Phi) is 5.20. The molecule has 1 fully saturated rings. The van der Waals surface area contributed by atoms with E-state index in [4.69, 9.17) is 15.3 Å². The number of ether oxygens (including phenoxy) is 2. The van der Waals surface area contributed by atoms with Gasteiger partial charge in [-0.3, -0.25) is 10.2 Å². The molecule has 0 aromatic heterocycles. The third-order valence-electron chi connectivity index (χ3n) is 3.85. The van der Waals surface area contributed by atoms with Crippen LogP contribution >= 0.6 is 0 Å². The van der Waals surface area contributed by atoms with Crippen molar-refractivity contribution in [3.05, 3.63) is 29.3 Å². The Morgan fingerprint density at radius 1 is 1.48 bits per heavy atom. The van der Waals surface area contributed by atoms with Crippen LogP contribution in [0.2, 0.25) is 0 Å². The molecular weight excluding hydrogens is 268 g/mol. The lowest BCUT2D eigenvalue weighted by molar-refractivity contribution is -0.132. The molecule has 1 aliphatic heterocycles. The molecule has 2 rings (SSSR count). The number of hydrogen-bond acceptors (Lipinski definition) is 4. The minimum atomic E-state index is -0.452. The first-order valence-electron chi connectivity index (χ1n) is 7.40. The van der Waals surface area contributed by atoms with E-state index in [1.54, 1.807) is 0 Å². The molecule has 3 N–H and O–H groups in total. The lowest BCUT2D eigenvalue weighted by Crippen LogP contribution is -2.39. The summed E-state index contributed by atoms with van der Waals surface area (Å²) in [6.45, 7) is 6.80. The number of aryl methyl sites for hydroxylation is 1. The summed E-state index contributed by atoms with van der Waals surface area (Å²) in [4.78, 5) is 11.4. The molecule has 21 heavy (non-hydrogen) atoms. The summed E-state index contributed by atoms with van der Waals surface area (Å²) in [7, 11) is 0. The van der Waals surface area contributed by atoms with Crippen LogP contribution in [0.15, 0.2) is 18.2 Å². The first-order chi connectivity index (χ1) is 10.0.